The zero-order valence-electron chi connectivity index (χ0n) is 16.3. The van der Waals surface area contributed by atoms with Crippen molar-refractivity contribution in [3.63, 3.8) is 0 Å². The first-order chi connectivity index (χ1) is 12.5. The van der Waals surface area contributed by atoms with E-state index in [4.69, 9.17) is 4.74 Å². The van der Waals surface area contributed by atoms with Gasteiger partial charge in [0, 0.05) is 11.2 Å². The van der Waals surface area contributed by atoms with Crippen LogP contribution < -0.4 is 14.8 Å². The molecule has 146 valence electrons. The van der Waals surface area contributed by atoms with Gasteiger partial charge in [0.2, 0.25) is 10.0 Å². The second-order valence-corrected chi connectivity index (χ2v) is 9.09. The van der Waals surface area contributed by atoms with Crippen LogP contribution in [-0.4, -0.2) is 26.5 Å². The van der Waals surface area contributed by atoms with Gasteiger partial charge in [-0.2, -0.15) is 0 Å². The predicted molar refractivity (Wildman–Crippen MR) is 107 cm³/mol. The first kappa shape index (κ1) is 20.9. The van der Waals surface area contributed by atoms with E-state index in [0.717, 1.165) is 16.8 Å². The van der Waals surface area contributed by atoms with Gasteiger partial charge in [0.15, 0.2) is 6.61 Å². The third-order valence-electron chi connectivity index (χ3n) is 3.82. The smallest absolute Gasteiger partial charge is 0.262 e. The van der Waals surface area contributed by atoms with Gasteiger partial charge < -0.3 is 10.1 Å². The number of aryl methyl sites for hydroxylation is 1. The van der Waals surface area contributed by atoms with E-state index in [9.17, 15) is 13.2 Å². The first-order valence-electron chi connectivity index (χ1n) is 8.61. The molecule has 0 saturated carbocycles. The Balaban J connectivity index is 1.97. The van der Waals surface area contributed by atoms with Crippen LogP contribution in [0.25, 0.3) is 0 Å². The average molecular weight is 391 g/mol. The summed E-state index contributed by atoms with van der Waals surface area (Å²) in [5.74, 6) is 0.135. The van der Waals surface area contributed by atoms with E-state index in [1.54, 1.807) is 20.8 Å². The standard InChI is InChI=1S/C20H26N2O4S/c1-14-7-6-8-18(15(14)2)21-19(23)13-26-16-9-11-17(12-10-16)27(24,25)22-20(3,4)5/h6-12,22H,13H2,1-5H3,(H,21,23). The zero-order chi connectivity index (χ0) is 20.2. The molecule has 0 radical (unpaired) electrons. The number of ether oxygens (including phenoxy) is 1. The van der Waals surface area contributed by atoms with Gasteiger partial charge in [-0.1, -0.05) is 12.1 Å². The van der Waals surface area contributed by atoms with Crippen molar-refractivity contribution >= 4 is 21.6 Å². The number of rotatable bonds is 6. The van der Waals surface area contributed by atoms with Crippen LogP contribution in [-0.2, 0) is 14.8 Å². The molecule has 0 heterocycles. The molecule has 2 aromatic carbocycles. The van der Waals surface area contributed by atoms with Crippen LogP contribution in [0.5, 0.6) is 5.75 Å². The third-order valence-corrected chi connectivity index (χ3v) is 5.60. The Hall–Kier alpha value is -2.38. The predicted octanol–water partition coefficient (Wildman–Crippen LogP) is 3.40. The number of carbonyl (C=O) groups is 1. The monoisotopic (exact) mass is 390 g/mol. The van der Waals surface area contributed by atoms with Crippen LogP contribution >= 0.6 is 0 Å². The number of hydrogen-bond acceptors (Lipinski definition) is 4. The molecule has 0 spiro atoms. The molecule has 0 aromatic heterocycles. The quantitative estimate of drug-likeness (QED) is 0.792. The molecule has 2 aromatic rings. The Kier molecular flexibility index (Phi) is 6.28. The SMILES string of the molecule is Cc1cccc(NC(=O)COc2ccc(S(=O)(=O)NC(C)(C)C)cc2)c1C. The fraction of sp³-hybridized carbons (Fsp3) is 0.350. The molecule has 27 heavy (non-hydrogen) atoms. The molecule has 2 rings (SSSR count). The van der Waals surface area contributed by atoms with E-state index < -0.39 is 15.6 Å². The van der Waals surface area contributed by atoms with Gasteiger partial charge in [0.25, 0.3) is 5.91 Å². The fourth-order valence-corrected chi connectivity index (χ4v) is 3.82. The Labute approximate surface area is 161 Å². The van der Waals surface area contributed by atoms with E-state index in [-0.39, 0.29) is 17.4 Å². The minimum atomic E-state index is -3.60. The van der Waals surface area contributed by atoms with Gasteiger partial charge in [0.05, 0.1) is 4.90 Å². The van der Waals surface area contributed by atoms with Crippen molar-refractivity contribution in [1.82, 2.24) is 4.72 Å². The summed E-state index contributed by atoms with van der Waals surface area (Å²) in [6, 6.07) is 11.7. The average Bonchev–Trinajstić information content (AvgIpc) is 2.55. The number of hydrogen-bond donors (Lipinski definition) is 2. The van der Waals surface area contributed by atoms with E-state index >= 15 is 0 Å². The second-order valence-electron chi connectivity index (χ2n) is 7.41. The minimum Gasteiger partial charge on any atom is -0.484 e. The first-order valence-corrected chi connectivity index (χ1v) is 10.1. The maximum atomic E-state index is 12.3. The lowest BCUT2D eigenvalue weighted by molar-refractivity contribution is -0.118. The van der Waals surface area contributed by atoms with Crippen LogP contribution in [0.4, 0.5) is 5.69 Å². The molecule has 0 unspecified atom stereocenters. The topological polar surface area (TPSA) is 84.5 Å². The molecule has 0 fully saturated rings. The highest BCUT2D eigenvalue weighted by atomic mass is 32.2. The summed E-state index contributed by atoms with van der Waals surface area (Å²) >= 11 is 0. The Morgan fingerprint density at radius 3 is 2.26 bits per heavy atom. The minimum absolute atomic E-state index is 0.143. The lowest BCUT2D eigenvalue weighted by Crippen LogP contribution is -2.40. The number of nitrogens with one attached hydrogen (secondary N) is 2. The van der Waals surface area contributed by atoms with Crippen LogP contribution in [0.2, 0.25) is 0 Å². The summed E-state index contributed by atoms with van der Waals surface area (Å²) in [5.41, 5.74) is 2.28. The Morgan fingerprint density at radius 1 is 1.04 bits per heavy atom. The van der Waals surface area contributed by atoms with Crippen LogP contribution in [0.3, 0.4) is 0 Å². The third kappa shape index (κ3) is 6.08. The van der Waals surface area contributed by atoms with Crippen molar-refractivity contribution in [2.24, 2.45) is 0 Å². The molecule has 0 aliphatic carbocycles. The zero-order valence-corrected chi connectivity index (χ0v) is 17.1. The summed E-state index contributed by atoms with van der Waals surface area (Å²) in [5, 5.41) is 2.81. The summed E-state index contributed by atoms with van der Waals surface area (Å²) in [6.45, 7) is 9.08. The molecule has 0 atom stereocenters. The summed E-state index contributed by atoms with van der Waals surface area (Å²) < 4.78 is 32.6. The van der Waals surface area contributed by atoms with Crippen LogP contribution in [0, 0.1) is 13.8 Å². The molecular formula is C20H26N2O4S. The van der Waals surface area contributed by atoms with Gasteiger partial charge in [0.1, 0.15) is 5.75 Å². The summed E-state index contributed by atoms with van der Waals surface area (Å²) in [6.07, 6.45) is 0. The van der Waals surface area contributed by atoms with Gasteiger partial charge in [-0.15, -0.1) is 0 Å². The number of anilines is 1. The molecule has 0 saturated heterocycles. The number of benzene rings is 2. The van der Waals surface area contributed by atoms with E-state index in [0.29, 0.717) is 5.75 Å². The number of sulfonamides is 1. The Morgan fingerprint density at radius 2 is 1.67 bits per heavy atom. The van der Waals surface area contributed by atoms with E-state index in [1.807, 2.05) is 32.0 Å². The van der Waals surface area contributed by atoms with Crippen molar-refractivity contribution in [3.8, 4) is 5.75 Å². The van der Waals surface area contributed by atoms with Crippen molar-refractivity contribution in [2.45, 2.75) is 45.1 Å². The van der Waals surface area contributed by atoms with Gasteiger partial charge in [-0.05, 0) is 76.1 Å². The molecule has 0 aliphatic heterocycles. The van der Waals surface area contributed by atoms with Gasteiger partial charge >= 0.3 is 0 Å². The molecule has 6 nitrogen and oxygen atoms in total. The Bertz CT molecular complexity index is 914. The lowest BCUT2D eigenvalue weighted by Gasteiger charge is -2.20. The van der Waals surface area contributed by atoms with Gasteiger partial charge in [-0.3, -0.25) is 4.79 Å². The van der Waals surface area contributed by atoms with Gasteiger partial charge in [-0.25, -0.2) is 13.1 Å². The molecule has 0 bridgehead atoms. The largest absolute Gasteiger partial charge is 0.484 e. The molecule has 7 heteroatoms. The van der Waals surface area contributed by atoms with Crippen LogP contribution in [0.15, 0.2) is 47.4 Å². The highest BCUT2D eigenvalue weighted by Crippen LogP contribution is 2.19. The molecule has 1 amide bonds. The van der Waals surface area contributed by atoms with Crippen LogP contribution in [0.1, 0.15) is 31.9 Å². The highest BCUT2D eigenvalue weighted by Gasteiger charge is 2.21. The summed E-state index contributed by atoms with van der Waals surface area (Å²) in [4.78, 5) is 12.2. The van der Waals surface area contributed by atoms with Crippen molar-refractivity contribution in [3.05, 3.63) is 53.6 Å². The van der Waals surface area contributed by atoms with Crippen molar-refractivity contribution in [1.29, 1.82) is 0 Å². The normalized spacial score (nSPS) is 11.9. The highest BCUT2D eigenvalue weighted by molar-refractivity contribution is 7.89. The fourth-order valence-electron chi connectivity index (χ4n) is 2.40. The maximum absolute atomic E-state index is 12.3. The maximum Gasteiger partial charge on any atom is 0.262 e. The van der Waals surface area contributed by atoms with Crippen molar-refractivity contribution in [2.75, 3.05) is 11.9 Å². The molecule has 2 N–H and O–H groups in total. The number of carbonyl (C=O) groups excluding carboxylic acids is 1. The van der Waals surface area contributed by atoms with E-state index in [2.05, 4.69) is 10.0 Å². The van der Waals surface area contributed by atoms with Crippen molar-refractivity contribution < 1.29 is 17.9 Å². The second kappa shape index (κ2) is 8.10. The summed E-state index contributed by atoms with van der Waals surface area (Å²) in [7, 11) is -3.60. The number of amides is 1. The van der Waals surface area contributed by atoms with E-state index in [1.165, 1.54) is 24.3 Å². The lowest BCUT2D eigenvalue weighted by atomic mass is 10.1. The molecule has 0 aliphatic rings. The molecular weight excluding hydrogens is 364 g/mol.